The van der Waals surface area contributed by atoms with E-state index in [2.05, 4.69) is 19.1 Å². The summed E-state index contributed by atoms with van der Waals surface area (Å²) in [6.45, 7) is 2.32. The van der Waals surface area contributed by atoms with Crippen LogP contribution in [0.2, 0.25) is 0 Å². The van der Waals surface area contributed by atoms with Crippen LogP contribution in [-0.4, -0.2) is 6.17 Å². The maximum Gasteiger partial charge on any atom is 0.158 e. The molecule has 0 saturated heterocycles. The van der Waals surface area contributed by atoms with Gasteiger partial charge in [-0.1, -0.05) is 31.9 Å². The Morgan fingerprint density at radius 1 is 0.870 bits per heavy atom. The second kappa shape index (κ2) is 7.11. The highest BCUT2D eigenvalue weighted by atomic mass is 19.2. The van der Waals surface area contributed by atoms with Gasteiger partial charge in [0.1, 0.15) is 6.17 Å². The lowest BCUT2D eigenvalue weighted by molar-refractivity contribution is 0.223. The van der Waals surface area contributed by atoms with E-state index in [0.717, 1.165) is 30.8 Å². The fourth-order valence-electron chi connectivity index (χ4n) is 4.17. The second-order valence-electron chi connectivity index (χ2n) is 7.37. The van der Waals surface area contributed by atoms with Crippen LogP contribution in [0.15, 0.2) is 47.6 Å². The molecule has 0 aromatic heterocycles. The quantitative estimate of drug-likeness (QED) is 0.517. The van der Waals surface area contributed by atoms with Crippen LogP contribution in [-0.2, 0) is 0 Å². The summed E-state index contributed by atoms with van der Waals surface area (Å²) in [6.07, 6.45) is 13.1. The topological polar surface area (TPSA) is 0 Å². The lowest BCUT2D eigenvalue weighted by atomic mass is 9.71. The monoisotopic (exact) mass is 322 g/mol. The molecule has 0 aromatic carbocycles. The molecule has 3 atom stereocenters. The Morgan fingerprint density at radius 3 is 2.26 bits per heavy atom. The van der Waals surface area contributed by atoms with Crippen molar-refractivity contribution >= 4 is 0 Å². The van der Waals surface area contributed by atoms with E-state index in [1.165, 1.54) is 31.8 Å². The average molecular weight is 322 g/mol. The largest absolute Gasteiger partial charge is 0.238 e. The molecule has 0 heterocycles. The van der Waals surface area contributed by atoms with Crippen molar-refractivity contribution in [2.24, 2.45) is 23.7 Å². The fourth-order valence-corrected chi connectivity index (χ4v) is 4.17. The zero-order chi connectivity index (χ0) is 16.4. The third-order valence-electron chi connectivity index (χ3n) is 5.67. The van der Waals surface area contributed by atoms with Crippen LogP contribution < -0.4 is 0 Å². The first-order chi connectivity index (χ1) is 11.0. The van der Waals surface area contributed by atoms with Crippen molar-refractivity contribution in [1.29, 1.82) is 0 Å². The molecule has 1 saturated carbocycles. The summed E-state index contributed by atoms with van der Waals surface area (Å²) in [6, 6.07) is 0. The molecule has 0 bridgehead atoms. The summed E-state index contributed by atoms with van der Waals surface area (Å²) in [5.74, 6) is 0.129. The predicted molar refractivity (Wildman–Crippen MR) is 87.8 cm³/mol. The molecule has 0 N–H and O–H groups in total. The lowest BCUT2D eigenvalue weighted by Crippen LogP contribution is -2.22. The Bertz CT molecular complexity index is 547. The lowest BCUT2D eigenvalue weighted by Gasteiger charge is -2.34. The van der Waals surface area contributed by atoms with Crippen LogP contribution >= 0.6 is 0 Å². The molecule has 3 heteroatoms. The van der Waals surface area contributed by atoms with E-state index < -0.39 is 17.8 Å². The molecule has 0 radical (unpaired) electrons. The summed E-state index contributed by atoms with van der Waals surface area (Å²) in [4.78, 5) is 0. The number of hydrogen-bond acceptors (Lipinski definition) is 0. The van der Waals surface area contributed by atoms with Crippen molar-refractivity contribution in [2.75, 3.05) is 0 Å². The summed E-state index contributed by atoms with van der Waals surface area (Å²) in [5.41, 5.74) is 0.561. The van der Waals surface area contributed by atoms with E-state index in [1.807, 2.05) is 0 Å². The Labute approximate surface area is 136 Å². The van der Waals surface area contributed by atoms with Gasteiger partial charge in [0, 0.05) is 5.92 Å². The first-order valence-electron chi connectivity index (χ1n) is 8.82. The number of halogens is 3. The molecular formula is C20H25F3. The van der Waals surface area contributed by atoms with Crippen molar-refractivity contribution in [3.8, 4) is 0 Å². The summed E-state index contributed by atoms with van der Waals surface area (Å²) >= 11 is 0. The van der Waals surface area contributed by atoms with E-state index in [0.29, 0.717) is 17.6 Å². The van der Waals surface area contributed by atoms with Gasteiger partial charge in [0.05, 0.1) is 0 Å². The Morgan fingerprint density at radius 2 is 1.61 bits per heavy atom. The van der Waals surface area contributed by atoms with E-state index >= 15 is 0 Å². The van der Waals surface area contributed by atoms with Crippen LogP contribution in [0.25, 0.3) is 0 Å². The normalized spacial score (nSPS) is 38.4. The van der Waals surface area contributed by atoms with Gasteiger partial charge in [-0.25, -0.2) is 13.2 Å². The summed E-state index contributed by atoms with van der Waals surface area (Å²) in [7, 11) is 0. The molecule has 0 aromatic rings. The summed E-state index contributed by atoms with van der Waals surface area (Å²) < 4.78 is 40.6. The van der Waals surface area contributed by atoms with Crippen molar-refractivity contribution in [3.63, 3.8) is 0 Å². The maximum atomic E-state index is 13.7. The smallest absolute Gasteiger partial charge is 0.158 e. The van der Waals surface area contributed by atoms with Gasteiger partial charge in [-0.2, -0.15) is 0 Å². The molecule has 0 spiro atoms. The molecule has 0 aliphatic heterocycles. The highest BCUT2D eigenvalue weighted by Gasteiger charge is 2.28. The zero-order valence-corrected chi connectivity index (χ0v) is 13.7. The number of hydrogen-bond donors (Lipinski definition) is 0. The van der Waals surface area contributed by atoms with Gasteiger partial charge < -0.3 is 0 Å². The molecule has 3 rings (SSSR count). The van der Waals surface area contributed by atoms with Gasteiger partial charge in [-0.3, -0.25) is 0 Å². The highest BCUT2D eigenvalue weighted by Crippen LogP contribution is 2.40. The first kappa shape index (κ1) is 16.6. The third-order valence-corrected chi connectivity index (χ3v) is 5.67. The van der Waals surface area contributed by atoms with Gasteiger partial charge in [0.15, 0.2) is 11.7 Å². The fraction of sp³-hybridized carbons (Fsp3) is 0.600. The third kappa shape index (κ3) is 3.99. The minimum atomic E-state index is -1.56. The standard InChI is InChI=1S/C20H25F3/c1-13-2-4-14(5-3-13)15-6-8-16(9-7-15)17-10-18(21)12-20(23)19(22)11-17/h6,8,10-16,18H,2-5,7,9H2,1H3. The zero-order valence-electron chi connectivity index (χ0n) is 13.7. The van der Waals surface area contributed by atoms with Crippen LogP contribution in [0, 0.1) is 23.7 Å². The Kier molecular flexibility index (Phi) is 5.13. The SMILES string of the molecule is CC1CCC(C2C=CC(C3=CC(F)C=C(F)C(F)=C3)CC2)CC1. The van der Waals surface area contributed by atoms with E-state index in [4.69, 9.17) is 0 Å². The van der Waals surface area contributed by atoms with Crippen molar-refractivity contribution < 1.29 is 13.2 Å². The minimum absolute atomic E-state index is 0.00272. The second-order valence-corrected chi connectivity index (χ2v) is 7.37. The average Bonchev–Trinajstić information content (AvgIpc) is 2.67. The van der Waals surface area contributed by atoms with Gasteiger partial charge in [-0.15, -0.1) is 0 Å². The molecule has 1 fully saturated rings. The molecule has 3 aliphatic carbocycles. The molecule has 23 heavy (non-hydrogen) atoms. The van der Waals surface area contributed by atoms with Crippen molar-refractivity contribution in [1.82, 2.24) is 0 Å². The Hall–Kier alpha value is -1.25. The van der Waals surface area contributed by atoms with E-state index in [-0.39, 0.29) is 5.92 Å². The molecule has 126 valence electrons. The van der Waals surface area contributed by atoms with Crippen molar-refractivity contribution in [2.45, 2.75) is 51.6 Å². The van der Waals surface area contributed by atoms with Gasteiger partial charge in [-0.05, 0) is 67.2 Å². The molecule has 0 amide bonds. The maximum absolute atomic E-state index is 13.7. The van der Waals surface area contributed by atoms with E-state index in [1.54, 1.807) is 0 Å². The summed E-state index contributed by atoms with van der Waals surface area (Å²) in [5, 5.41) is 0. The number of rotatable bonds is 2. The minimum Gasteiger partial charge on any atom is -0.238 e. The van der Waals surface area contributed by atoms with Crippen molar-refractivity contribution in [3.05, 3.63) is 47.6 Å². The number of allylic oxidation sites excluding steroid dienone is 8. The molecule has 0 nitrogen and oxygen atoms in total. The van der Waals surface area contributed by atoms with Crippen LogP contribution in [0.3, 0.4) is 0 Å². The van der Waals surface area contributed by atoms with Crippen LogP contribution in [0.1, 0.15) is 45.4 Å². The Balaban J connectivity index is 1.67. The predicted octanol–water partition coefficient (Wildman–Crippen LogP) is 6.38. The highest BCUT2D eigenvalue weighted by molar-refractivity contribution is 5.38. The molecule has 3 aliphatic rings. The van der Waals surface area contributed by atoms with Gasteiger partial charge >= 0.3 is 0 Å². The van der Waals surface area contributed by atoms with Gasteiger partial charge in [0.2, 0.25) is 0 Å². The number of alkyl halides is 1. The molecule has 3 unspecified atom stereocenters. The molecular weight excluding hydrogens is 297 g/mol. The van der Waals surface area contributed by atoms with Crippen LogP contribution in [0.5, 0.6) is 0 Å². The van der Waals surface area contributed by atoms with Crippen LogP contribution in [0.4, 0.5) is 13.2 Å². The van der Waals surface area contributed by atoms with E-state index in [9.17, 15) is 13.2 Å². The van der Waals surface area contributed by atoms with Gasteiger partial charge in [0.25, 0.3) is 0 Å². The first-order valence-corrected chi connectivity index (χ1v) is 8.82.